The van der Waals surface area contributed by atoms with Gasteiger partial charge in [0.15, 0.2) is 0 Å². The highest BCUT2D eigenvalue weighted by atomic mass is 16.6. The van der Waals surface area contributed by atoms with Crippen LogP contribution in [0.25, 0.3) is 0 Å². The summed E-state index contributed by atoms with van der Waals surface area (Å²) in [6.07, 6.45) is 1.82. The molecule has 1 aromatic rings. The van der Waals surface area contributed by atoms with Crippen LogP contribution in [-0.4, -0.2) is 218 Å². The van der Waals surface area contributed by atoms with Crippen LogP contribution < -0.4 is 4.74 Å². The first-order chi connectivity index (χ1) is 32.1. The molecule has 18 nitrogen and oxygen atoms in total. The van der Waals surface area contributed by atoms with Gasteiger partial charge >= 0.3 is 23.9 Å². The molecule has 0 radical (unpaired) electrons. The standard InChI is InChI=1S/C50H88N4O14/c1-15-63-31-32-64-33-34-65-39-21-19-38(20-22-39)17-16-18-40(44(55)59-11)51-23-25-52(41(45(56)60-12)35-66-48(2,3)4)27-29-54(43(47(58)62-14)37-68-50(8,9)10)30-28-53(26-24-51)42(46(57)61-13)36-67-49(5,6)7/h19-22,40-43H,15-18,23-37H2,1-14H3. The lowest BCUT2D eigenvalue weighted by atomic mass is 10.0. The number of ether oxygens (including phenoxy) is 10. The largest absolute Gasteiger partial charge is 0.491 e. The van der Waals surface area contributed by atoms with Crippen molar-refractivity contribution in [2.75, 3.05) is 134 Å². The third kappa shape index (κ3) is 23.9. The number of benzene rings is 1. The van der Waals surface area contributed by atoms with E-state index in [-0.39, 0.29) is 32.9 Å². The van der Waals surface area contributed by atoms with E-state index in [0.29, 0.717) is 91.6 Å². The normalized spacial score (nSPS) is 17.5. The fourth-order valence-electron chi connectivity index (χ4n) is 7.50. The van der Waals surface area contributed by atoms with E-state index in [2.05, 4.69) is 4.90 Å². The predicted octanol–water partition coefficient (Wildman–Crippen LogP) is 4.27. The average Bonchev–Trinajstić information content (AvgIpc) is 3.28. The van der Waals surface area contributed by atoms with Gasteiger partial charge < -0.3 is 47.4 Å². The van der Waals surface area contributed by atoms with Gasteiger partial charge in [-0.05, 0) is 106 Å². The van der Waals surface area contributed by atoms with Crippen molar-refractivity contribution in [1.82, 2.24) is 19.6 Å². The first-order valence-corrected chi connectivity index (χ1v) is 24.1. The van der Waals surface area contributed by atoms with Crippen LogP contribution in [0.1, 0.15) is 87.6 Å². The molecule has 0 aromatic heterocycles. The van der Waals surface area contributed by atoms with E-state index >= 15 is 0 Å². The molecule has 1 fully saturated rings. The van der Waals surface area contributed by atoms with Crippen molar-refractivity contribution in [3.63, 3.8) is 0 Å². The quantitative estimate of drug-likeness (QED) is 0.0731. The van der Waals surface area contributed by atoms with E-state index in [0.717, 1.165) is 11.3 Å². The van der Waals surface area contributed by atoms with Gasteiger partial charge in [0.05, 0.1) is 84.9 Å². The zero-order valence-corrected chi connectivity index (χ0v) is 44.1. The molecule has 2 rings (SSSR count). The van der Waals surface area contributed by atoms with Crippen molar-refractivity contribution in [2.45, 2.75) is 129 Å². The van der Waals surface area contributed by atoms with Gasteiger partial charge in [0.25, 0.3) is 0 Å². The zero-order chi connectivity index (χ0) is 50.9. The topological polar surface area (TPSA) is 174 Å². The molecule has 0 bridgehead atoms. The SMILES string of the molecule is CCOCCOCCOc1ccc(CCCC(C(=O)OC)N2CCN(C(COC(C)(C)C)C(=O)OC)CCN(C(COC(C)(C)C)C(=O)OC)CCN(C(COC(C)(C)C)C(=O)OC)CC2)cc1. The molecular formula is C50H88N4O14. The van der Waals surface area contributed by atoms with E-state index in [1.54, 1.807) is 0 Å². The summed E-state index contributed by atoms with van der Waals surface area (Å²) in [4.78, 5) is 62.9. The van der Waals surface area contributed by atoms with Crippen molar-refractivity contribution in [3.8, 4) is 5.75 Å². The Morgan fingerprint density at radius 3 is 1.15 bits per heavy atom. The van der Waals surface area contributed by atoms with E-state index in [1.165, 1.54) is 28.4 Å². The number of hydrogen-bond donors (Lipinski definition) is 0. The minimum atomic E-state index is -0.824. The Labute approximate surface area is 407 Å². The molecule has 18 heteroatoms. The third-order valence-corrected chi connectivity index (χ3v) is 11.3. The lowest BCUT2D eigenvalue weighted by molar-refractivity contribution is -0.157. The Kier molecular flexibility index (Phi) is 27.7. The fraction of sp³-hybridized carbons (Fsp3) is 0.800. The number of nitrogens with zero attached hydrogens (tertiary/aromatic N) is 4. The third-order valence-electron chi connectivity index (χ3n) is 11.3. The summed E-state index contributed by atoms with van der Waals surface area (Å²) in [5, 5.41) is 0. The van der Waals surface area contributed by atoms with Crippen molar-refractivity contribution in [3.05, 3.63) is 29.8 Å². The number of carbonyl (C=O) groups excluding carboxylic acids is 4. The molecule has 4 unspecified atom stereocenters. The van der Waals surface area contributed by atoms with E-state index < -0.39 is 64.8 Å². The molecule has 0 saturated carbocycles. The van der Waals surface area contributed by atoms with Crippen LogP contribution in [0.2, 0.25) is 0 Å². The highest BCUT2D eigenvalue weighted by Crippen LogP contribution is 2.21. The maximum absolute atomic E-state index is 13.9. The Morgan fingerprint density at radius 1 is 0.485 bits per heavy atom. The van der Waals surface area contributed by atoms with Crippen LogP contribution in [0.4, 0.5) is 0 Å². The highest BCUT2D eigenvalue weighted by Gasteiger charge is 2.37. The van der Waals surface area contributed by atoms with E-state index in [9.17, 15) is 19.2 Å². The molecule has 1 aliphatic heterocycles. The number of methoxy groups -OCH3 is 4. The second-order valence-corrected chi connectivity index (χ2v) is 19.8. The zero-order valence-electron chi connectivity index (χ0n) is 44.1. The van der Waals surface area contributed by atoms with Gasteiger partial charge in [0.1, 0.15) is 36.5 Å². The van der Waals surface area contributed by atoms with Crippen molar-refractivity contribution in [1.29, 1.82) is 0 Å². The van der Waals surface area contributed by atoms with Crippen molar-refractivity contribution >= 4 is 23.9 Å². The number of esters is 4. The lowest BCUT2D eigenvalue weighted by Crippen LogP contribution is -2.58. The molecule has 0 spiro atoms. The smallest absolute Gasteiger partial charge is 0.325 e. The first-order valence-electron chi connectivity index (χ1n) is 24.1. The van der Waals surface area contributed by atoms with Crippen LogP contribution >= 0.6 is 0 Å². The summed E-state index contributed by atoms with van der Waals surface area (Å²) in [5.74, 6) is -1.08. The maximum atomic E-state index is 13.9. The van der Waals surface area contributed by atoms with Gasteiger partial charge in [-0.2, -0.15) is 0 Å². The Balaban J connectivity index is 2.60. The highest BCUT2D eigenvalue weighted by molar-refractivity contribution is 5.77. The summed E-state index contributed by atoms with van der Waals surface area (Å²) in [5.41, 5.74) is -0.594. The summed E-state index contributed by atoms with van der Waals surface area (Å²) in [6, 6.07) is 4.77. The Morgan fingerprint density at radius 2 is 0.809 bits per heavy atom. The summed E-state index contributed by atoms with van der Waals surface area (Å²) >= 11 is 0. The van der Waals surface area contributed by atoms with Gasteiger partial charge in [0, 0.05) is 59.0 Å². The Hall–Kier alpha value is -3.46. The van der Waals surface area contributed by atoms with Gasteiger partial charge in [0.2, 0.25) is 0 Å². The molecule has 1 aromatic carbocycles. The van der Waals surface area contributed by atoms with Gasteiger partial charge in [-0.15, -0.1) is 0 Å². The molecule has 1 saturated heterocycles. The van der Waals surface area contributed by atoms with Gasteiger partial charge in [-0.25, -0.2) is 0 Å². The lowest BCUT2D eigenvalue weighted by Gasteiger charge is -2.41. The number of hydrogen-bond acceptors (Lipinski definition) is 18. The average molecular weight is 969 g/mol. The minimum Gasteiger partial charge on any atom is -0.491 e. The molecular weight excluding hydrogens is 881 g/mol. The van der Waals surface area contributed by atoms with Crippen LogP contribution in [0.3, 0.4) is 0 Å². The first kappa shape index (κ1) is 60.7. The van der Waals surface area contributed by atoms with Crippen LogP contribution in [-0.2, 0) is 68.2 Å². The molecule has 1 heterocycles. The number of carbonyl (C=O) groups is 4. The van der Waals surface area contributed by atoms with Crippen molar-refractivity contribution in [2.24, 2.45) is 0 Å². The molecule has 392 valence electrons. The maximum Gasteiger partial charge on any atom is 0.325 e. The molecule has 0 amide bonds. The van der Waals surface area contributed by atoms with Crippen molar-refractivity contribution < 1.29 is 66.5 Å². The monoisotopic (exact) mass is 969 g/mol. The predicted molar refractivity (Wildman–Crippen MR) is 259 cm³/mol. The molecule has 0 aliphatic carbocycles. The molecule has 1 aliphatic rings. The van der Waals surface area contributed by atoms with Crippen LogP contribution in [0, 0.1) is 0 Å². The van der Waals surface area contributed by atoms with E-state index in [4.69, 9.17) is 47.4 Å². The Bertz CT molecular complexity index is 1540. The van der Waals surface area contributed by atoms with Crippen LogP contribution in [0.15, 0.2) is 24.3 Å². The molecule has 68 heavy (non-hydrogen) atoms. The summed E-state index contributed by atoms with van der Waals surface area (Å²) in [6.45, 7) is 24.4. The fourth-order valence-corrected chi connectivity index (χ4v) is 7.50. The second kappa shape index (κ2) is 31.0. The molecule has 0 N–H and O–H groups in total. The summed E-state index contributed by atoms with van der Waals surface area (Å²) in [7, 11) is 5.43. The van der Waals surface area contributed by atoms with Gasteiger partial charge in [-0.1, -0.05) is 12.1 Å². The summed E-state index contributed by atoms with van der Waals surface area (Å²) < 4.78 is 56.9. The van der Waals surface area contributed by atoms with Crippen LogP contribution in [0.5, 0.6) is 5.75 Å². The second-order valence-electron chi connectivity index (χ2n) is 19.8. The number of rotatable bonds is 26. The number of aryl methyl sites for hydroxylation is 1. The minimum absolute atomic E-state index is 0.0367. The van der Waals surface area contributed by atoms with E-state index in [1.807, 2.05) is 108 Å². The van der Waals surface area contributed by atoms with Gasteiger partial charge in [-0.3, -0.25) is 38.8 Å². The molecule has 4 atom stereocenters.